The topological polar surface area (TPSA) is 69.0 Å². The minimum atomic E-state index is -0.655. The van der Waals surface area contributed by atoms with Gasteiger partial charge in [-0.05, 0) is 69.3 Å². The molecule has 0 fully saturated rings. The summed E-state index contributed by atoms with van der Waals surface area (Å²) in [5.74, 6) is 2.84. The van der Waals surface area contributed by atoms with Gasteiger partial charge in [0.2, 0.25) is 5.88 Å². The molecule has 0 radical (unpaired) electrons. The average molecular weight is 502 g/mol. The van der Waals surface area contributed by atoms with Gasteiger partial charge in [-0.2, -0.15) is 5.10 Å². The van der Waals surface area contributed by atoms with Crippen molar-refractivity contribution < 1.29 is 19.3 Å². The van der Waals surface area contributed by atoms with E-state index in [0.29, 0.717) is 24.7 Å². The zero-order valence-electron chi connectivity index (χ0n) is 21.9. The Hall–Kier alpha value is -3.81. The van der Waals surface area contributed by atoms with Crippen molar-refractivity contribution in [2.75, 3.05) is 20.3 Å². The SMILES string of the molecule is COc1ccc(Oc2c(CN(CC(O)COc3ccccc3)C(C)C)c(C)nn2-c2ccccc2)cc1. The van der Waals surface area contributed by atoms with Gasteiger partial charge in [-0.1, -0.05) is 36.4 Å². The first kappa shape index (κ1) is 26.3. The third-order valence-electron chi connectivity index (χ3n) is 6.13. The van der Waals surface area contributed by atoms with Crippen molar-refractivity contribution in [2.24, 2.45) is 0 Å². The third kappa shape index (κ3) is 6.90. The molecule has 7 nitrogen and oxygen atoms in total. The largest absolute Gasteiger partial charge is 0.497 e. The number of aliphatic hydroxyl groups is 1. The smallest absolute Gasteiger partial charge is 0.227 e. The molecule has 194 valence electrons. The van der Waals surface area contributed by atoms with E-state index in [2.05, 4.69) is 18.7 Å². The Morgan fingerprint density at radius 1 is 0.865 bits per heavy atom. The van der Waals surface area contributed by atoms with Gasteiger partial charge < -0.3 is 19.3 Å². The van der Waals surface area contributed by atoms with E-state index in [-0.39, 0.29) is 12.6 Å². The van der Waals surface area contributed by atoms with Crippen LogP contribution in [-0.2, 0) is 6.54 Å². The third-order valence-corrected chi connectivity index (χ3v) is 6.13. The lowest BCUT2D eigenvalue weighted by Gasteiger charge is -2.29. The van der Waals surface area contributed by atoms with Crippen LogP contribution < -0.4 is 14.2 Å². The molecule has 0 spiro atoms. The minimum absolute atomic E-state index is 0.180. The number of para-hydroxylation sites is 2. The van der Waals surface area contributed by atoms with Crippen LogP contribution in [0.3, 0.4) is 0 Å². The van der Waals surface area contributed by atoms with Crippen LogP contribution in [0.1, 0.15) is 25.1 Å². The maximum Gasteiger partial charge on any atom is 0.227 e. The maximum atomic E-state index is 10.8. The van der Waals surface area contributed by atoms with Gasteiger partial charge >= 0.3 is 0 Å². The second-order valence-electron chi connectivity index (χ2n) is 9.20. The molecule has 1 unspecified atom stereocenters. The molecule has 0 aliphatic carbocycles. The zero-order chi connectivity index (χ0) is 26.2. The highest BCUT2D eigenvalue weighted by Gasteiger charge is 2.24. The molecule has 4 rings (SSSR count). The van der Waals surface area contributed by atoms with Gasteiger partial charge in [-0.15, -0.1) is 0 Å². The van der Waals surface area contributed by atoms with Gasteiger partial charge in [-0.25, -0.2) is 4.68 Å². The number of aliphatic hydroxyl groups excluding tert-OH is 1. The molecule has 0 saturated heterocycles. The molecule has 0 aliphatic rings. The molecular formula is C30H35N3O4. The number of aromatic nitrogens is 2. The van der Waals surface area contributed by atoms with Crippen molar-refractivity contribution in [3.63, 3.8) is 0 Å². The standard InChI is InChI=1S/C30H35N3O4/c1-22(2)32(19-25(34)21-36-27-13-9-6-10-14-27)20-29-23(3)31-33(24-11-7-5-8-12-24)30(29)37-28-17-15-26(35-4)16-18-28/h5-18,22,25,34H,19-21H2,1-4H3. The van der Waals surface area contributed by atoms with Crippen LogP contribution in [-0.4, -0.2) is 52.2 Å². The van der Waals surface area contributed by atoms with Crippen molar-refractivity contribution in [2.45, 2.75) is 39.5 Å². The summed E-state index contributed by atoms with van der Waals surface area (Å²) in [4.78, 5) is 2.21. The van der Waals surface area contributed by atoms with Gasteiger partial charge in [0, 0.05) is 19.1 Å². The van der Waals surface area contributed by atoms with E-state index >= 15 is 0 Å². The van der Waals surface area contributed by atoms with Gasteiger partial charge in [0.05, 0.1) is 24.1 Å². The summed E-state index contributed by atoms with van der Waals surface area (Å²) < 4.78 is 19.3. The normalized spacial score (nSPS) is 12.1. The summed E-state index contributed by atoms with van der Waals surface area (Å²) in [5.41, 5.74) is 2.74. The van der Waals surface area contributed by atoms with Gasteiger partial charge in [0.1, 0.15) is 30.0 Å². The molecule has 0 amide bonds. The first-order valence-electron chi connectivity index (χ1n) is 12.5. The van der Waals surface area contributed by atoms with E-state index in [1.807, 2.05) is 96.5 Å². The number of ether oxygens (including phenoxy) is 3. The van der Waals surface area contributed by atoms with Crippen LogP contribution in [0, 0.1) is 6.92 Å². The minimum Gasteiger partial charge on any atom is -0.497 e. The lowest BCUT2D eigenvalue weighted by molar-refractivity contribution is 0.0540. The van der Waals surface area contributed by atoms with Crippen LogP contribution in [0.2, 0.25) is 0 Å². The summed E-state index contributed by atoms with van der Waals surface area (Å²) in [6.07, 6.45) is -0.655. The molecule has 3 aromatic carbocycles. The number of benzene rings is 3. The fourth-order valence-electron chi connectivity index (χ4n) is 4.02. The number of hydrogen-bond donors (Lipinski definition) is 1. The summed E-state index contributed by atoms with van der Waals surface area (Å²) >= 11 is 0. The number of rotatable bonds is 12. The average Bonchev–Trinajstić information content (AvgIpc) is 3.23. The lowest BCUT2D eigenvalue weighted by atomic mass is 10.2. The zero-order valence-corrected chi connectivity index (χ0v) is 21.9. The molecule has 1 N–H and O–H groups in total. The summed E-state index contributed by atoms with van der Waals surface area (Å²) in [7, 11) is 1.64. The van der Waals surface area contributed by atoms with E-state index in [1.165, 1.54) is 0 Å². The molecule has 37 heavy (non-hydrogen) atoms. The maximum absolute atomic E-state index is 10.8. The van der Waals surface area contributed by atoms with Crippen molar-refractivity contribution in [3.8, 4) is 28.8 Å². The Morgan fingerprint density at radius 3 is 2.11 bits per heavy atom. The van der Waals surface area contributed by atoms with E-state index in [4.69, 9.17) is 19.3 Å². The van der Waals surface area contributed by atoms with Crippen LogP contribution in [0.4, 0.5) is 0 Å². The first-order chi connectivity index (χ1) is 17.9. The Kier molecular flexibility index (Phi) is 8.82. The van der Waals surface area contributed by atoms with Crippen LogP contribution in [0.25, 0.3) is 5.69 Å². The van der Waals surface area contributed by atoms with E-state index < -0.39 is 6.10 Å². The quantitative estimate of drug-likeness (QED) is 0.271. The molecule has 4 aromatic rings. The summed E-state index contributed by atoms with van der Waals surface area (Å²) in [6, 6.07) is 27.2. The predicted octanol–water partition coefficient (Wildman–Crippen LogP) is 5.63. The monoisotopic (exact) mass is 501 g/mol. The molecule has 1 atom stereocenters. The number of nitrogens with zero attached hydrogens (tertiary/aromatic N) is 3. The molecular weight excluding hydrogens is 466 g/mol. The Bertz CT molecular complexity index is 1240. The van der Waals surface area contributed by atoms with Gasteiger partial charge in [0.25, 0.3) is 0 Å². The molecule has 7 heteroatoms. The van der Waals surface area contributed by atoms with Gasteiger partial charge in [-0.3, -0.25) is 4.90 Å². The number of aryl methyl sites for hydroxylation is 1. The van der Waals surface area contributed by atoms with Crippen molar-refractivity contribution >= 4 is 0 Å². The predicted molar refractivity (Wildman–Crippen MR) is 145 cm³/mol. The molecule has 0 aliphatic heterocycles. The lowest BCUT2D eigenvalue weighted by Crippen LogP contribution is -2.39. The van der Waals surface area contributed by atoms with Crippen molar-refractivity contribution in [3.05, 3.63) is 96.2 Å². The Balaban J connectivity index is 1.58. The van der Waals surface area contributed by atoms with Crippen LogP contribution in [0.5, 0.6) is 23.1 Å². The second kappa shape index (κ2) is 12.4. The second-order valence-corrected chi connectivity index (χ2v) is 9.20. The number of hydrogen-bond acceptors (Lipinski definition) is 6. The first-order valence-corrected chi connectivity index (χ1v) is 12.5. The van der Waals surface area contributed by atoms with Crippen molar-refractivity contribution in [1.29, 1.82) is 0 Å². The van der Waals surface area contributed by atoms with Crippen molar-refractivity contribution in [1.82, 2.24) is 14.7 Å². The summed E-state index contributed by atoms with van der Waals surface area (Å²) in [5, 5.41) is 15.6. The Morgan fingerprint density at radius 2 is 1.49 bits per heavy atom. The highest BCUT2D eigenvalue weighted by atomic mass is 16.5. The van der Waals surface area contributed by atoms with E-state index in [9.17, 15) is 5.11 Å². The highest BCUT2D eigenvalue weighted by molar-refractivity contribution is 5.44. The Labute approximate surface area is 218 Å². The molecule has 1 aromatic heterocycles. The molecule has 0 saturated carbocycles. The van der Waals surface area contributed by atoms with E-state index in [0.717, 1.165) is 28.4 Å². The molecule has 1 heterocycles. The molecule has 0 bridgehead atoms. The number of methoxy groups -OCH3 is 1. The summed E-state index contributed by atoms with van der Waals surface area (Å²) in [6.45, 7) is 7.44. The van der Waals surface area contributed by atoms with Gasteiger partial charge in [0.15, 0.2) is 0 Å². The van der Waals surface area contributed by atoms with Crippen LogP contribution in [0.15, 0.2) is 84.9 Å². The fraction of sp³-hybridized carbons (Fsp3) is 0.300. The van der Waals surface area contributed by atoms with Crippen LogP contribution >= 0.6 is 0 Å². The fourth-order valence-corrected chi connectivity index (χ4v) is 4.02. The highest BCUT2D eigenvalue weighted by Crippen LogP contribution is 2.32. The van der Waals surface area contributed by atoms with E-state index in [1.54, 1.807) is 7.11 Å².